The number of ketones is 1. The van der Waals surface area contributed by atoms with Gasteiger partial charge in [-0.2, -0.15) is 0 Å². The lowest BCUT2D eigenvalue weighted by Crippen LogP contribution is -2.04. The molecule has 0 aliphatic heterocycles. The van der Waals surface area contributed by atoms with Crippen LogP contribution in [0.4, 0.5) is 5.69 Å². The molecule has 0 aliphatic carbocycles. The molecule has 0 saturated heterocycles. The van der Waals surface area contributed by atoms with Crippen molar-refractivity contribution in [1.29, 1.82) is 0 Å². The first-order valence-corrected chi connectivity index (χ1v) is 6.01. The van der Waals surface area contributed by atoms with Crippen LogP contribution in [0.25, 0.3) is 0 Å². The Morgan fingerprint density at radius 3 is 2.67 bits per heavy atom. The van der Waals surface area contributed by atoms with Gasteiger partial charge in [0.15, 0.2) is 0 Å². The van der Waals surface area contributed by atoms with E-state index in [0.29, 0.717) is 5.56 Å². The first kappa shape index (κ1) is 12.6. The lowest BCUT2D eigenvalue weighted by molar-refractivity contribution is -0.384. The van der Waals surface area contributed by atoms with E-state index in [1.807, 2.05) is 22.6 Å². The maximum atomic E-state index is 11.2. The fraction of sp³-hybridized carbons (Fsp3) is 0.222. The second-order valence-corrected chi connectivity index (χ2v) is 5.01. The molecular weight excluding hydrogens is 377 g/mol. The Morgan fingerprint density at radius 1 is 1.60 bits per heavy atom. The topological polar surface area (TPSA) is 60.2 Å². The molecule has 1 aromatic rings. The zero-order valence-electron chi connectivity index (χ0n) is 7.74. The number of hydrogen-bond acceptors (Lipinski definition) is 3. The Bertz CT molecular complexity index is 422. The van der Waals surface area contributed by atoms with E-state index in [1.54, 1.807) is 6.07 Å². The molecule has 0 amide bonds. The van der Waals surface area contributed by atoms with Crippen LogP contribution in [0.15, 0.2) is 18.2 Å². The predicted molar refractivity (Wildman–Crippen MR) is 68.2 cm³/mol. The highest BCUT2D eigenvalue weighted by Crippen LogP contribution is 2.30. The summed E-state index contributed by atoms with van der Waals surface area (Å²) in [4.78, 5) is 20.8. The van der Waals surface area contributed by atoms with E-state index in [1.165, 1.54) is 19.1 Å². The third-order valence-corrected chi connectivity index (χ3v) is 3.94. The summed E-state index contributed by atoms with van der Waals surface area (Å²) >= 11 is 5.25. The Balaban J connectivity index is 3.22. The van der Waals surface area contributed by atoms with E-state index in [4.69, 9.17) is 0 Å². The molecular formula is C9H7BrINO3. The molecule has 0 aliphatic rings. The Labute approximate surface area is 108 Å². The number of nitro groups is 1. The first-order chi connectivity index (χ1) is 6.93. The number of nitro benzene ring substituents is 1. The largest absolute Gasteiger partial charge is 0.298 e. The molecule has 0 spiro atoms. The zero-order valence-corrected chi connectivity index (χ0v) is 11.5. The van der Waals surface area contributed by atoms with Crippen LogP contribution in [0.2, 0.25) is 0 Å². The summed E-state index contributed by atoms with van der Waals surface area (Å²) < 4.78 is 0.829. The Hall–Kier alpha value is -0.500. The fourth-order valence-corrected chi connectivity index (χ4v) is 2.51. The number of alkyl halides is 1. The van der Waals surface area contributed by atoms with Gasteiger partial charge >= 0.3 is 0 Å². The molecule has 0 fully saturated rings. The molecule has 1 rings (SSSR count). The highest BCUT2D eigenvalue weighted by atomic mass is 127. The summed E-state index contributed by atoms with van der Waals surface area (Å²) in [6, 6.07) is 4.47. The standard InChI is InChI=1S/C9H7BrINO3/c1-5(13)9(10)7-4-6(12(14)15)2-3-8(7)11/h2-4,9H,1H3. The molecule has 6 heteroatoms. The highest BCUT2D eigenvalue weighted by molar-refractivity contribution is 14.1. The molecule has 0 N–H and O–H groups in total. The van der Waals surface area contributed by atoms with Gasteiger partial charge in [-0.15, -0.1) is 0 Å². The van der Waals surface area contributed by atoms with Crippen LogP contribution >= 0.6 is 38.5 Å². The highest BCUT2D eigenvalue weighted by Gasteiger charge is 2.18. The van der Waals surface area contributed by atoms with Gasteiger partial charge in [0.2, 0.25) is 0 Å². The second kappa shape index (κ2) is 5.02. The SMILES string of the molecule is CC(=O)C(Br)c1cc([N+](=O)[O-])ccc1I. The average molecular weight is 384 g/mol. The maximum Gasteiger partial charge on any atom is 0.269 e. The molecule has 0 aromatic heterocycles. The number of carbonyl (C=O) groups excluding carboxylic acids is 1. The number of carbonyl (C=O) groups is 1. The number of non-ortho nitro benzene ring substituents is 1. The minimum atomic E-state index is -0.482. The summed E-state index contributed by atoms with van der Waals surface area (Å²) in [5.41, 5.74) is 0.633. The normalized spacial score (nSPS) is 12.2. The van der Waals surface area contributed by atoms with Gasteiger partial charge < -0.3 is 0 Å². The van der Waals surface area contributed by atoms with Crippen LogP contribution in [0.5, 0.6) is 0 Å². The van der Waals surface area contributed by atoms with Crippen molar-refractivity contribution >= 4 is 50.0 Å². The monoisotopic (exact) mass is 383 g/mol. The van der Waals surface area contributed by atoms with Gasteiger partial charge in [0.05, 0.1) is 9.75 Å². The van der Waals surface area contributed by atoms with Crippen molar-refractivity contribution in [2.75, 3.05) is 0 Å². The summed E-state index contributed by atoms with van der Waals surface area (Å²) in [6.07, 6.45) is 0. The summed E-state index contributed by atoms with van der Waals surface area (Å²) in [6.45, 7) is 1.44. The smallest absolute Gasteiger partial charge is 0.269 e. The van der Waals surface area contributed by atoms with Crippen molar-refractivity contribution in [2.24, 2.45) is 0 Å². The third-order valence-electron chi connectivity index (χ3n) is 1.82. The summed E-state index contributed by atoms with van der Waals surface area (Å²) in [7, 11) is 0. The number of Topliss-reactive ketones (excluding diaryl/α,β-unsaturated/α-hetero) is 1. The molecule has 1 unspecified atom stereocenters. The van der Waals surface area contributed by atoms with Crippen molar-refractivity contribution in [3.63, 3.8) is 0 Å². The van der Waals surface area contributed by atoms with Crippen LogP contribution in [-0.4, -0.2) is 10.7 Å². The van der Waals surface area contributed by atoms with Gasteiger partial charge in [0.1, 0.15) is 5.78 Å². The van der Waals surface area contributed by atoms with E-state index in [2.05, 4.69) is 15.9 Å². The van der Waals surface area contributed by atoms with Crippen LogP contribution in [0.3, 0.4) is 0 Å². The van der Waals surface area contributed by atoms with Crippen molar-refractivity contribution in [3.8, 4) is 0 Å². The van der Waals surface area contributed by atoms with Crippen molar-refractivity contribution in [2.45, 2.75) is 11.8 Å². The van der Waals surface area contributed by atoms with Crippen LogP contribution in [0.1, 0.15) is 17.3 Å². The van der Waals surface area contributed by atoms with Gasteiger partial charge in [0.25, 0.3) is 5.69 Å². The van der Waals surface area contributed by atoms with Crippen molar-refractivity contribution in [3.05, 3.63) is 37.4 Å². The van der Waals surface area contributed by atoms with E-state index in [0.717, 1.165) is 3.57 Å². The molecule has 4 nitrogen and oxygen atoms in total. The molecule has 1 aromatic carbocycles. The Morgan fingerprint density at radius 2 is 2.20 bits per heavy atom. The first-order valence-electron chi connectivity index (χ1n) is 4.02. The van der Waals surface area contributed by atoms with E-state index >= 15 is 0 Å². The number of nitrogens with zero attached hydrogens (tertiary/aromatic N) is 1. The minimum absolute atomic E-state index is 0.00360. The van der Waals surface area contributed by atoms with Gasteiger partial charge in [-0.3, -0.25) is 14.9 Å². The van der Waals surface area contributed by atoms with E-state index in [-0.39, 0.29) is 11.5 Å². The van der Waals surface area contributed by atoms with Gasteiger partial charge in [-0.25, -0.2) is 0 Å². The average Bonchev–Trinajstić information content (AvgIpc) is 2.16. The fourth-order valence-electron chi connectivity index (χ4n) is 1.06. The lowest BCUT2D eigenvalue weighted by Gasteiger charge is -2.08. The minimum Gasteiger partial charge on any atom is -0.298 e. The molecule has 0 heterocycles. The van der Waals surface area contributed by atoms with Gasteiger partial charge in [-0.1, -0.05) is 15.9 Å². The van der Waals surface area contributed by atoms with E-state index < -0.39 is 9.75 Å². The molecule has 0 radical (unpaired) electrons. The molecule has 0 bridgehead atoms. The van der Waals surface area contributed by atoms with Crippen LogP contribution in [0, 0.1) is 13.7 Å². The summed E-state index contributed by atoms with van der Waals surface area (Å²) in [5.74, 6) is -0.0755. The molecule has 1 atom stereocenters. The zero-order chi connectivity index (χ0) is 11.6. The Kier molecular flexibility index (Phi) is 4.21. The number of benzene rings is 1. The molecule has 80 valence electrons. The van der Waals surface area contributed by atoms with Crippen molar-refractivity contribution < 1.29 is 9.72 Å². The number of halogens is 2. The number of hydrogen-bond donors (Lipinski definition) is 0. The van der Waals surface area contributed by atoms with Crippen LogP contribution in [-0.2, 0) is 4.79 Å². The van der Waals surface area contributed by atoms with Crippen LogP contribution < -0.4 is 0 Å². The quantitative estimate of drug-likeness (QED) is 0.348. The molecule has 0 saturated carbocycles. The maximum absolute atomic E-state index is 11.2. The van der Waals surface area contributed by atoms with E-state index in [9.17, 15) is 14.9 Å². The summed E-state index contributed by atoms with van der Waals surface area (Å²) in [5, 5.41) is 10.6. The van der Waals surface area contributed by atoms with Crippen molar-refractivity contribution in [1.82, 2.24) is 0 Å². The molecule has 15 heavy (non-hydrogen) atoms. The second-order valence-electron chi connectivity index (χ2n) is 2.94. The van der Waals surface area contributed by atoms with Gasteiger partial charge in [-0.05, 0) is 41.1 Å². The third kappa shape index (κ3) is 2.97. The van der Waals surface area contributed by atoms with Gasteiger partial charge in [0, 0.05) is 15.7 Å². The predicted octanol–water partition coefficient (Wildman–Crippen LogP) is 3.22. The lowest BCUT2D eigenvalue weighted by atomic mass is 10.1. The number of rotatable bonds is 3.